The molecule has 3 rings (SSSR count). The first-order valence-electron chi connectivity index (χ1n) is 8.30. The zero-order valence-corrected chi connectivity index (χ0v) is 14.8. The van der Waals surface area contributed by atoms with Crippen LogP contribution in [0.1, 0.15) is 11.1 Å². The van der Waals surface area contributed by atoms with Crippen molar-refractivity contribution in [2.24, 2.45) is 0 Å². The molecule has 0 atom stereocenters. The number of carbonyl (C=O) groups excluding carboxylic acids is 1. The molecule has 0 spiro atoms. The first-order chi connectivity index (χ1) is 12.3. The topological polar surface area (TPSA) is 17.1 Å². The lowest BCUT2D eigenvalue weighted by Gasteiger charge is -2.15. The van der Waals surface area contributed by atoms with Gasteiger partial charge in [-0.1, -0.05) is 97.1 Å². The summed E-state index contributed by atoms with van der Waals surface area (Å²) in [5, 5.41) is 0. The molecule has 2 heteroatoms. The largest absolute Gasteiger partial charge is 0.289 e. The molecule has 0 N–H and O–H groups in total. The number of hydrogen-bond acceptors (Lipinski definition) is 2. The van der Waals surface area contributed by atoms with Crippen molar-refractivity contribution >= 4 is 29.7 Å². The van der Waals surface area contributed by atoms with Crippen LogP contribution in [0, 0.1) is 0 Å². The Morgan fingerprint density at radius 1 is 0.680 bits per heavy atom. The minimum atomic E-state index is 0.161. The lowest BCUT2D eigenvalue weighted by Crippen LogP contribution is -2.15. The Labute approximate surface area is 153 Å². The van der Waals surface area contributed by atoms with Crippen molar-refractivity contribution in [3.63, 3.8) is 0 Å². The highest BCUT2D eigenvalue weighted by atomic mass is 32.2. The van der Waals surface area contributed by atoms with Gasteiger partial charge in [-0.25, -0.2) is 0 Å². The van der Waals surface area contributed by atoms with Gasteiger partial charge in [-0.05, 0) is 11.1 Å². The smallest absolute Gasteiger partial charge is 0.186 e. The molecular weight excluding hydrogens is 324 g/mol. The van der Waals surface area contributed by atoms with Crippen LogP contribution in [0.15, 0.2) is 96.1 Å². The second-order valence-corrected chi connectivity index (χ2v) is 6.73. The van der Waals surface area contributed by atoms with Gasteiger partial charge < -0.3 is 0 Å². The third kappa shape index (κ3) is 5.20. The van der Waals surface area contributed by atoms with Crippen LogP contribution in [-0.2, 0) is 4.79 Å². The van der Waals surface area contributed by atoms with Crippen LogP contribution in [0.5, 0.6) is 0 Å². The van der Waals surface area contributed by atoms with Gasteiger partial charge in [-0.2, -0.15) is 11.8 Å². The monoisotopic (exact) mass is 344 g/mol. The normalized spacial score (nSPS) is 18.6. The zero-order chi connectivity index (χ0) is 17.3. The van der Waals surface area contributed by atoms with Crippen LogP contribution < -0.4 is 0 Å². The number of hydrogen-bond donors (Lipinski definition) is 0. The highest BCUT2D eigenvalue weighted by Gasteiger charge is 2.19. The number of thioether (sulfide) groups is 1. The quantitative estimate of drug-likeness (QED) is 0.673. The molecule has 1 saturated heterocycles. The Morgan fingerprint density at radius 2 is 1.12 bits per heavy atom. The average Bonchev–Trinajstić information content (AvgIpc) is 2.66. The summed E-state index contributed by atoms with van der Waals surface area (Å²) in [5.74, 6) is 1.71. The Hall–Kier alpha value is -2.58. The van der Waals surface area contributed by atoms with Crippen LogP contribution in [0.4, 0.5) is 0 Å². The van der Waals surface area contributed by atoms with E-state index in [1.165, 1.54) is 0 Å². The Bertz CT molecular complexity index is 757. The molecule has 1 nitrogen and oxygen atoms in total. The van der Waals surface area contributed by atoms with Gasteiger partial charge in [-0.15, -0.1) is 0 Å². The molecular formula is C23H20OS. The van der Waals surface area contributed by atoms with Crippen LogP contribution >= 0.6 is 11.8 Å². The van der Waals surface area contributed by atoms with E-state index in [1.54, 1.807) is 11.8 Å². The summed E-state index contributed by atoms with van der Waals surface area (Å²) in [6.07, 6.45) is 11.9. The van der Waals surface area contributed by atoms with Crippen molar-refractivity contribution in [2.45, 2.75) is 0 Å². The fourth-order valence-electron chi connectivity index (χ4n) is 2.53. The van der Waals surface area contributed by atoms with E-state index in [2.05, 4.69) is 0 Å². The second kappa shape index (κ2) is 9.05. The fourth-order valence-corrected chi connectivity index (χ4v) is 3.53. The maximum atomic E-state index is 12.6. The average molecular weight is 344 g/mol. The Balaban J connectivity index is 1.68. The molecule has 0 aliphatic carbocycles. The molecule has 1 fully saturated rings. The summed E-state index contributed by atoms with van der Waals surface area (Å²) in [4.78, 5) is 12.6. The predicted molar refractivity (Wildman–Crippen MR) is 109 cm³/mol. The van der Waals surface area contributed by atoms with E-state index in [-0.39, 0.29) is 5.78 Å². The highest BCUT2D eigenvalue weighted by molar-refractivity contribution is 7.99. The molecule has 0 unspecified atom stereocenters. The van der Waals surface area contributed by atoms with E-state index >= 15 is 0 Å². The summed E-state index contributed by atoms with van der Waals surface area (Å²) in [7, 11) is 0. The van der Waals surface area contributed by atoms with E-state index in [0.717, 1.165) is 33.8 Å². The number of allylic oxidation sites excluding steroid dienone is 4. The van der Waals surface area contributed by atoms with Crippen molar-refractivity contribution in [3.05, 3.63) is 107 Å². The lowest BCUT2D eigenvalue weighted by atomic mass is 10.0. The highest BCUT2D eigenvalue weighted by Crippen LogP contribution is 2.24. The van der Waals surface area contributed by atoms with E-state index < -0.39 is 0 Å². The predicted octanol–water partition coefficient (Wildman–Crippen LogP) is 5.58. The van der Waals surface area contributed by atoms with E-state index in [9.17, 15) is 4.79 Å². The van der Waals surface area contributed by atoms with Crippen LogP contribution in [-0.4, -0.2) is 17.3 Å². The van der Waals surface area contributed by atoms with Crippen LogP contribution in [0.3, 0.4) is 0 Å². The third-order valence-electron chi connectivity index (χ3n) is 3.87. The zero-order valence-electron chi connectivity index (χ0n) is 14.0. The van der Waals surface area contributed by atoms with Crippen LogP contribution in [0.25, 0.3) is 12.2 Å². The number of carbonyl (C=O) groups is 1. The minimum absolute atomic E-state index is 0.161. The van der Waals surface area contributed by atoms with Gasteiger partial charge in [0.1, 0.15) is 0 Å². The molecule has 0 amide bonds. The first kappa shape index (κ1) is 17.2. The van der Waals surface area contributed by atoms with Gasteiger partial charge in [0.15, 0.2) is 5.78 Å². The molecule has 1 heterocycles. The van der Waals surface area contributed by atoms with E-state index in [0.29, 0.717) is 0 Å². The van der Waals surface area contributed by atoms with Gasteiger partial charge >= 0.3 is 0 Å². The maximum Gasteiger partial charge on any atom is 0.186 e. The molecule has 2 aromatic carbocycles. The lowest BCUT2D eigenvalue weighted by molar-refractivity contribution is -0.112. The molecule has 0 aromatic heterocycles. The van der Waals surface area contributed by atoms with Gasteiger partial charge in [0.2, 0.25) is 0 Å². The van der Waals surface area contributed by atoms with Crippen molar-refractivity contribution in [2.75, 3.05) is 11.5 Å². The molecule has 1 aliphatic rings. The summed E-state index contributed by atoms with van der Waals surface area (Å²) in [5.41, 5.74) is 4.00. The van der Waals surface area contributed by atoms with Crippen molar-refractivity contribution < 1.29 is 4.79 Å². The number of ketones is 1. The Kier molecular flexibility index (Phi) is 6.24. The second-order valence-electron chi connectivity index (χ2n) is 5.75. The molecule has 2 aromatic rings. The summed E-state index contributed by atoms with van der Waals surface area (Å²) in [6.45, 7) is 0. The molecule has 0 radical (unpaired) electrons. The molecule has 0 saturated carbocycles. The standard InChI is InChI=1S/C23H20OS/c24-23-21(15-7-13-19-9-3-1-4-10-19)17-25-18-22(23)16-8-14-20-11-5-2-6-12-20/h1-16H,17-18H2/b13-7+,14-8+,21-15+,22-16+. The molecule has 124 valence electrons. The number of rotatable bonds is 4. The van der Waals surface area contributed by atoms with Crippen LogP contribution in [0.2, 0.25) is 0 Å². The SMILES string of the molecule is O=C1/C(=C/C=C/c2ccccc2)CSC/C1=C\C=C\c1ccccc1. The van der Waals surface area contributed by atoms with Gasteiger partial charge in [0.05, 0.1) is 0 Å². The van der Waals surface area contributed by atoms with Gasteiger partial charge in [0, 0.05) is 22.7 Å². The summed E-state index contributed by atoms with van der Waals surface area (Å²) in [6, 6.07) is 20.2. The molecule has 1 aliphatic heterocycles. The molecule has 25 heavy (non-hydrogen) atoms. The Morgan fingerprint density at radius 3 is 1.56 bits per heavy atom. The van der Waals surface area contributed by atoms with Crippen molar-refractivity contribution in [3.8, 4) is 0 Å². The van der Waals surface area contributed by atoms with Gasteiger partial charge in [0.25, 0.3) is 0 Å². The minimum Gasteiger partial charge on any atom is -0.289 e. The maximum absolute atomic E-state index is 12.6. The number of Topliss-reactive ketones (excluding diaryl/α,β-unsaturated/α-hetero) is 1. The van der Waals surface area contributed by atoms with Crippen molar-refractivity contribution in [1.82, 2.24) is 0 Å². The third-order valence-corrected chi connectivity index (χ3v) is 4.90. The summed E-state index contributed by atoms with van der Waals surface area (Å²) >= 11 is 1.78. The summed E-state index contributed by atoms with van der Waals surface area (Å²) < 4.78 is 0. The van der Waals surface area contributed by atoms with E-state index in [1.807, 2.05) is 97.1 Å². The van der Waals surface area contributed by atoms with Crippen molar-refractivity contribution in [1.29, 1.82) is 0 Å². The van der Waals surface area contributed by atoms with E-state index in [4.69, 9.17) is 0 Å². The first-order valence-corrected chi connectivity index (χ1v) is 9.45. The molecule has 0 bridgehead atoms. The van der Waals surface area contributed by atoms with Gasteiger partial charge in [-0.3, -0.25) is 4.79 Å². The fraction of sp³-hybridized carbons (Fsp3) is 0.0870. The number of benzene rings is 2.